The van der Waals surface area contributed by atoms with Crippen LogP contribution in [0, 0.1) is 20.8 Å². The summed E-state index contributed by atoms with van der Waals surface area (Å²) >= 11 is 6.96. The van der Waals surface area contributed by atoms with Crippen LogP contribution in [0.3, 0.4) is 0 Å². The first-order valence-corrected chi connectivity index (χ1v) is 7.57. The standard InChI is InChI=1S/C16H14Br2O/c1-9-8-15(18)10(2)7-13(9)16(19)12-5-4-6-14(17)11(12)3/h4-8H,1-3H3. The molecule has 1 nitrogen and oxygen atoms in total. The topological polar surface area (TPSA) is 17.1 Å². The van der Waals surface area contributed by atoms with Crippen molar-refractivity contribution in [2.45, 2.75) is 20.8 Å². The van der Waals surface area contributed by atoms with Crippen molar-refractivity contribution < 1.29 is 4.79 Å². The molecule has 0 bridgehead atoms. The molecule has 0 aromatic heterocycles. The fourth-order valence-electron chi connectivity index (χ4n) is 2.02. The number of carbonyl (C=O) groups is 1. The van der Waals surface area contributed by atoms with E-state index in [1.807, 2.05) is 51.1 Å². The SMILES string of the molecule is Cc1cc(C(=O)c2cccc(Br)c2C)c(C)cc1Br. The van der Waals surface area contributed by atoms with Crippen molar-refractivity contribution in [2.75, 3.05) is 0 Å². The van der Waals surface area contributed by atoms with Gasteiger partial charge < -0.3 is 0 Å². The Kier molecular flexibility index (Phi) is 4.26. The van der Waals surface area contributed by atoms with Crippen molar-refractivity contribution in [3.8, 4) is 0 Å². The van der Waals surface area contributed by atoms with E-state index in [9.17, 15) is 4.79 Å². The van der Waals surface area contributed by atoms with E-state index in [1.165, 1.54) is 0 Å². The van der Waals surface area contributed by atoms with Crippen LogP contribution in [0.5, 0.6) is 0 Å². The van der Waals surface area contributed by atoms with E-state index in [2.05, 4.69) is 31.9 Å². The minimum Gasteiger partial charge on any atom is -0.289 e. The molecule has 0 saturated carbocycles. The Labute approximate surface area is 130 Å². The summed E-state index contributed by atoms with van der Waals surface area (Å²) < 4.78 is 2.00. The molecule has 2 aromatic rings. The number of benzene rings is 2. The van der Waals surface area contributed by atoms with Crippen molar-refractivity contribution in [1.82, 2.24) is 0 Å². The average molecular weight is 382 g/mol. The Morgan fingerprint density at radius 2 is 1.58 bits per heavy atom. The van der Waals surface area contributed by atoms with Crippen LogP contribution in [0.25, 0.3) is 0 Å². The highest BCUT2D eigenvalue weighted by Crippen LogP contribution is 2.26. The fraction of sp³-hybridized carbons (Fsp3) is 0.188. The van der Waals surface area contributed by atoms with E-state index in [0.717, 1.165) is 36.8 Å². The van der Waals surface area contributed by atoms with Crippen LogP contribution in [-0.4, -0.2) is 5.78 Å². The number of hydrogen-bond donors (Lipinski definition) is 0. The first-order chi connectivity index (χ1) is 8.91. The third kappa shape index (κ3) is 2.82. The van der Waals surface area contributed by atoms with Crippen LogP contribution in [0.4, 0.5) is 0 Å². The van der Waals surface area contributed by atoms with Gasteiger partial charge in [-0.05, 0) is 55.7 Å². The fourth-order valence-corrected chi connectivity index (χ4v) is 2.85. The van der Waals surface area contributed by atoms with Gasteiger partial charge in [0.25, 0.3) is 0 Å². The summed E-state index contributed by atoms with van der Waals surface area (Å²) in [5.41, 5.74) is 4.55. The number of halogens is 2. The molecule has 0 atom stereocenters. The van der Waals surface area contributed by atoms with Gasteiger partial charge in [-0.15, -0.1) is 0 Å². The third-order valence-electron chi connectivity index (χ3n) is 3.26. The Hall–Kier alpha value is -0.930. The summed E-state index contributed by atoms with van der Waals surface area (Å²) in [5, 5.41) is 0. The second-order valence-electron chi connectivity index (χ2n) is 4.66. The maximum absolute atomic E-state index is 12.7. The number of aryl methyl sites for hydroxylation is 2. The number of hydrogen-bond acceptors (Lipinski definition) is 1. The zero-order valence-electron chi connectivity index (χ0n) is 11.1. The lowest BCUT2D eigenvalue weighted by molar-refractivity contribution is 0.103. The summed E-state index contributed by atoms with van der Waals surface area (Å²) in [6.07, 6.45) is 0. The zero-order valence-corrected chi connectivity index (χ0v) is 14.2. The van der Waals surface area contributed by atoms with E-state index in [1.54, 1.807) is 0 Å². The average Bonchev–Trinajstić information content (AvgIpc) is 2.36. The summed E-state index contributed by atoms with van der Waals surface area (Å²) in [5.74, 6) is 0.0758. The van der Waals surface area contributed by atoms with Gasteiger partial charge in [-0.1, -0.05) is 44.0 Å². The third-order valence-corrected chi connectivity index (χ3v) is 4.98. The largest absolute Gasteiger partial charge is 0.289 e. The first kappa shape index (κ1) is 14.5. The molecular formula is C16H14Br2O. The Morgan fingerprint density at radius 1 is 0.895 bits per heavy atom. The van der Waals surface area contributed by atoms with Gasteiger partial charge in [-0.25, -0.2) is 0 Å². The minimum absolute atomic E-state index is 0.0758. The second-order valence-corrected chi connectivity index (χ2v) is 6.37. The molecule has 3 heteroatoms. The van der Waals surface area contributed by atoms with Crippen molar-refractivity contribution in [1.29, 1.82) is 0 Å². The number of carbonyl (C=O) groups excluding carboxylic acids is 1. The molecule has 2 aromatic carbocycles. The molecule has 0 aliphatic carbocycles. The predicted molar refractivity (Wildman–Crippen MR) is 85.9 cm³/mol. The van der Waals surface area contributed by atoms with Crippen molar-refractivity contribution in [2.24, 2.45) is 0 Å². The van der Waals surface area contributed by atoms with Gasteiger partial charge in [-0.2, -0.15) is 0 Å². The molecule has 0 spiro atoms. The smallest absolute Gasteiger partial charge is 0.193 e. The summed E-state index contributed by atoms with van der Waals surface area (Å²) in [6.45, 7) is 5.91. The maximum Gasteiger partial charge on any atom is 0.193 e. The van der Waals surface area contributed by atoms with Gasteiger partial charge in [0.2, 0.25) is 0 Å². The van der Waals surface area contributed by atoms with Gasteiger partial charge in [0.1, 0.15) is 0 Å². The first-order valence-electron chi connectivity index (χ1n) is 5.98. The molecular weight excluding hydrogens is 368 g/mol. The highest BCUT2D eigenvalue weighted by atomic mass is 79.9. The van der Waals surface area contributed by atoms with Gasteiger partial charge >= 0.3 is 0 Å². The van der Waals surface area contributed by atoms with E-state index in [-0.39, 0.29) is 5.78 Å². The highest BCUT2D eigenvalue weighted by molar-refractivity contribution is 9.10. The molecule has 0 aliphatic rings. The van der Waals surface area contributed by atoms with E-state index >= 15 is 0 Å². The Morgan fingerprint density at radius 3 is 2.26 bits per heavy atom. The van der Waals surface area contributed by atoms with Gasteiger partial charge in [0, 0.05) is 20.1 Å². The summed E-state index contributed by atoms with van der Waals surface area (Å²) in [4.78, 5) is 12.7. The molecule has 0 amide bonds. The van der Waals surface area contributed by atoms with Crippen LogP contribution < -0.4 is 0 Å². The van der Waals surface area contributed by atoms with E-state index in [4.69, 9.17) is 0 Å². The summed E-state index contributed by atoms with van der Waals surface area (Å²) in [7, 11) is 0. The predicted octanol–water partition coefficient (Wildman–Crippen LogP) is 5.37. The van der Waals surface area contributed by atoms with Gasteiger partial charge in [0.15, 0.2) is 5.78 Å². The van der Waals surface area contributed by atoms with E-state index < -0.39 is 0 Å². The Balaban J connectivity index is 2.56. The molecule has 0 radical (unpaired) electrons. The molecule has 0 saturated heterocycles. The van der Waals surface area contributed by atoms with Crippen LogP contribution in [0.2, 0.25) is 0 Å². The minimum atomic E-state index is 0.0758. The highest BCUT2D eigenvalue weighted by Gasteiger charge is 2.16. The molecule has 0 heterocycles. The van der Waals surface area contributed by atoms with Crippen LogP contribution >= 0.6 is 31.9 Å². The quantitative estimate of drug-likeness (QED) is 0.639. The molecule has 0 N–H and O–H groups in total. The molecule has 0 unspecified atom stereocenters. The maximum atomic E-state index is 12.7. The molecule has 0 fully saturated rings. The molecule has 98 valence electrons. The molecule has 2 rings (SSSR count). The van der Waals surface area contributed by atoms with Gasteiger partial charge in [0.05, 0.1) is 0 Å². The van der Waals surface area contributed by atoms with Crippen molar-refractivity contribution >= 4 is 37.6 Å². The van der Waals surface area contributed by atoms with Gasteiger partial charge in [-0.3, -0.25) is 4.79 Å². The number of ketones is 1. The summed E-state index contributed by atoms with van der Waals surface area (Å²) in [6, 6.07) is 9.66. The van der Waals surface area contributed by atoms with Crippen molar-refractivity contribution in [3.05, 3.63) is 67.1 Å². The number of rotatable bonds is 2. The lowest BCUT2D eigenvalue weighted by Crippen LogP contribution is -2.06. The Bertz CT molecular complexity index is 660. The monoisotopic (exact) mass is 380 g/mol. The zero-order chi connectivity index (χ0) is 14.2. The van der Waals surface area contributed by atoms with Crippen LogP contribution in [0.1, 0.15) is 32.6 Å². The molecule has 19 heavy (non-hydrogen) atoms. The second kappa shape index (κ2) is 5.59. The van der Waals surface area contributed by atoms with Crippen molar-refractivity contribution in [3.63, 3.8) is 0 Å². The van der Waals surface area contributed by atoms with Crippen LogP contribution in [-0.2, 0) is 0 Å². The van der Waals surface area contributed by atoms with E-state index in [0.29, 0.717) is 0 Å². The normalized spacial score (nSPS) is 10.6. The lowest BCUT2D eigenvalue weighted by Gasteiger charge is -2.11. The lowest BCUT2D eigenvalue weighted by atomic mass is 9.95. The van der Waals surface area contributed by atoms with Crippen LogP contribution in [0.15, 0.2) is 39.3 Å². The molecule has 0 aliphatic heterocycles.